The third-order valence-electron chi connectivity index (χ3n) is 5.05. The van der Waals surface area contributed by atoms with Crippen molar-refractivity contribution >= 4 is 29.7 Å². The Morgan fingerprint density at radius 1 is 0.857 bits per heavy atom. The van der Waals surface area contributed by atoms with Crippen LogP contribution in [0, 0.1) is 5.92 Å². The van der Waals surface area contributed by atoms with Gasteiger partial charge < -0.3 is 37.0 Å². The number of nitrogens with two attached hydrogens (primary N) is 1. The van der Waals surface area contributed by atoms with E-state index in [9.17, 15) is 34.2 Å². The van der Waals surface area contributed by atoms with Crippen LogP contribution in [-0.2, 0) is 30.4 Å². The lowest BCUT2D eigenvalue weighted by Crippen LogP contribution is -2.58. The zero-order valence-corrected chi connectivity index (χ0v) is 19.8. The topological polar surface area (TPSA) is 208 Å². The summed E-state index contributed by atoms with van der Waals surface area (Å²) in [4.78, 5) is 59.9. The Balaban J connectivity index is 2.83. The first-order valence-electron chi connectivity index (χ1n) is 11.2. The van der Waals surface area contributed by atoms with Crippen molar-refractivity contribution in [2.45, 2.75) is 63.7 Å². The highest BCUT2D eigenvalue weighted by atomic mass is 16.4. The van der Waals surface area contributed by atoms with Crippen LogP contribution in [0.5, 0.6) is 0 Å². The van der Waals surface area contributed by atoms with Crippen LogP contribution in [0.1, 0.15) is 38.7 Å². The Hall–Kier alpha value is -3.51. The number of carbonyl (C=O) groups is 5. The SMILES string of the molecule is CC(C)CC(NC(=O)C(N)Cc1ccccc1)C(=O)NC(CO)C(=O)NC(CCC(=O)O)C(=O)O. The molecule has 8 N–H and O–H groups in total. The average Bonchev–Trinajstić information content (AvgIpc) is 2.79. The molecule has 0 heterocycles. The van der Waals surface area contributed by atoms with E-state index in [-0.39, 0.29) is 25.2 Å². The average molecular weight is 495 g/mol. The Morgan fingerprint density at radius 3 is 1.91 bits per heavy atom. The maximum Gasteiger partial charge on any atom is 0.326 e. The van der Waals surface area contributed by atoms with Crippen LogP contribution in [-0.4, -0.2) is 75.8 Å². The number of rotatable bonds is 15. The van der Waals surface area contributed by atoms with Gasteiger partial charge >= 0.3 is 11.9 Å². The number of carbonyl (C=O) groups excluding carboxylic acids is 3. The molecule has 4 atom stereocenters. The molecule has 12 heteroatoms. The summed E-state index contributed by atoms with van der Waals surface area (Å²) < 4.78 is 0. The maximum absolute atomic E-state index is 12.9. The first-order chi connectivity index (χ1) is 16.4. The number of aliphatic carboxylic acids is 2. The van der Waals surface area contributed by atoms with E-state index >= 15 is 0 Å². The van der Waals surface area contributed by atoms with E-state index in [0.717, 1.165) is 5.56 Å². The highest BCUT2D eigenvalue weighted by Gasteiger charge is 2.30. The predicted molar refractivity (Wildman–Crippen MR) is 125 cm³/mol. The fourth-order valence-corrected chi connectivity index (χ4v) is 3.21. The second-order valence-electron chi connectivity index (χ2n) is 8.56. The normalized spacial score (nSPS) is 14.3. The minimum absolute atomic E-state index is 0.0230. The second-order valence-corrected chi connectivity index (χ2v) is 8.56. The molecule has 12 nitrogen and oxygen atoms in total. The number of amides is 3. The molecule has 0 aromatic heterocycles. The van der Waals surface area contributed by atoms with Crippen molar-refractivity contribution in [3.05, 3.63) is 35.9 Å². The fourth-order valence-electron chi connectivity index (χ4n) is 3.21. The summed E-state index contributed by atoms with van der Waals surface area (Å²) >= 11 is 0. The minimum atomic E-state index is -1.52. The monoisotopic (exact) mass is 494 g/mol. The highest BCUT2D eigenvalue weighted by Crippen LogP contribution is 2.08. The molecule has 0 radical (unpaired) electrons. The quantitative estimate of drug-likeness (QED) is 0.159. The van der Waals surface area contributed by atoms with Gasteiger partial charge in [-0.1, -0.05) is 44.2 Å². The molecule has 4 unspecified atom stereocenters. The third-order valence-corrected chi connectivity index (χ3v) is 5.05. The van der Waals surface area contributed by atoms with Gasteiger partial charge in [-0.15, -0.1) is 0 Å². The number of aliphatic hydroxyl groups excluding tert-OH is 1. The molecule has 0 saturated carbocycles. The Morgan fingerprint density at radius 2 is 1.40 bits per heavy atom. The maximum atomic E-state index is 12.9. The van der Waals surface area contributed by atoms with Crippen LogP contribution >= 0.6 is 0 Å². The van der Waals surface area contributed by atoms with Gasteiger partial charge in [0.05, 0.1) is 12.6 Å². The van der Waals surface area contributed by atoms with Crippen LogP contribution in [0.3, 0.4) is 0 Å². The van der Waals surface area contributed by atoms with Gasteiger partial charge in [-0.05, 0) is 30.7 Å². The van der Waals surface area contributed by atoms with Gasteiger partial charge in [0.15, 0.2) is 0 Å². The van der Waals surface area contributed by atoms with Gasteiger partial charge in [-0.3, -0.25) is 19.2 Å². The van der Waals surface area contributed by atoms with Crippen molar-refractivity contribution in [2.24, 2.45) is 11.7 Å². The van der Waals surface area contributed by atoms with E-state index in [0.29, 0.717) is 0 Å². The van der Waals surface area contributed by atoms with Crippen molar-refractivity contribution in [1.29, 1.82) is 0 Å². The summed E-state index contributed by atoms with van der Waals surface area (Å²) in [6, 6.07) is 4.06. The number of carboxylic acids is 2. The zero-order chi connectivity index (χ0) is 26.5. The van der Waals surface area contributed by atoms with Crippen LogP contribution < -0.4 is 21.7 Å². The third kappa shape index (κ3) is 11.0. The summed E-state index contributed by atoms with van der Waals surface area (Å²) in [7, 11) is 0. The van der Waals surface area contributed by atoms with E-state index in [4.69, 9.17) is 10.8 Å². The smallest absolute Gasteiger partial charge is 0.326 e. The van der Waals surface area contributed by atoms with Crippen molar-refractivity contribution in [3.63, 3.8) is 0 Å². The number of nitrogens with one attached hydrogen (secondary N) is 3. The molecule has 1 aromatic rings. The molecule has 0 bridgehead atoms. The lowest BCUT2D eigenvalue weighted by molar-refractivity contribution is -0.143. The van der Waals surface area contributed by atoms with Crippen molar-refractivity contribution in [3.8, 4) is 0 Å². The van der Waals surface area contributed by atoms with E-state index in [1.54, 1.807) is 0 Å². The molecular weight excluding hydrogens is 460 g/mol. The van der Waals surface area contributed by atoms with Crippen LogP contribution in [0.4, 0.5) is 0 Å². The molecule has 35 heavy (non-hydrogen) atoms. The van der Waals surface area contributed by atoms with Gasteiger partial charge in [-0.2, -0.15) is 0 Å². The number of carboxylic acid groups (broad SMARTS) is 2. The summed E-state index contributed by atoms with van der Waals surface area (Å²) in [5.41, 5.74) is 6.83. The summed E-state index contributed by atoms with van der Waals surface area (Å²) in [5, 5.41) is 34.5. The van der Waals surface area contributed by atoms with Gasteiger partial charge in [0.2, 0.25) is 17.7 Å². The number of hydrogen-bond acceptors (Lipinski definition) is 7. The van der Waals surface area contributed by atoms with Crippen LogP contribution in [0.2, 0.25) is 0 Å². The van der Waals surface area contributed by atoms with Crippen molar-refractivity contribution in [2.75, 3.05) is 6.61 Å². The van der Waals surface area contributed by atoms with Gasteiger partial charge in [0, 0.05) is 6.42 Å². The summed E-state index contributed by atoms with van der Waals surface area (Å²) in [6.45, 7) is 2.80. The van der Waals surface area contributed by atoms with Gasteiger partial charge in [0.1, 0.15) is 18.1 Å². The molecule has 0 saturated heterocycles. The molecular formula is C23H34N4O8. The second kappa shape index (κ2) is 14.7. The van der Waals surface area contributed by atoms with Gasteiger partial charge in [0.25, 0.3) is 0 Å². The van der Waals surface area contributed by atoms with Crippen molar-refractivity contribution < 1.29 is 39.3 Å². The van der Waals surface area contributed by atoms with E-state index in [1.165, 1.54) is 0 Å². The Bertz CT molecular complexity index is 878. The Kier molecular flexibility index (Phi) is 12.4. The molecule has 3 amide bonds. The molecule has 1 aromatic carbocycles. The Labute approximate surface area is 203 Å². The molecule has 0 spiro atoms. The fraction of sp³-hybridized carbons (Fsp3) is 0.522. The molecule has 1 rings (SSSR count). The minimum Gasteiger partial charge on any atom is -0.481 e. The lowest BCUT2D eigenvalue weighted by Gasteiger charge is -2.25. The predicted octanol–water partition coefficient (Wildman–Crippen LogP) is -1.00. The molecule has 0 fully saturated rings. The zero-order valence-electron chi connectivity index (χ0n) is 19.8. The molecule has 194 valence electrons. The standard InChI is InChI=1S/C23H34N4O8/c1-13(2)10-17(26-20(31)15(24)11-14-6-4-3-5-7-14)21(32)27-18(12-28)22(33)25-16(23(34)35)8-9-19(29)30/h3-7,13,15-18,28H,8-12,24H2,1-2H3,(H,25,33)(H,26,31)(H,27,32)(H,29,30)(H,34,35). The van der Waals surface area contributed by atoms with E-state index < -0.39 is 66.9 Å². The van der Waals surface area contributed by atoms with E-state index in [2.05, 4.69) is 16.0 Å². The lowest BCUT2D eigenvalue weighted by atomic mass is 10.0. The number of hydrogen-bond donors (Lipinski definition) is 7. The van der Waals surface area contributed by atoms with Crippen molar-refractivity contribution in [1.82, 2.24) is 16.0 Å². The van der Waals surface area contributed by atoms with Crippen LogP contribution in [0.25, 0.3) is 0 Å². The molecule has 0 aliphatic carbocycles. The first-order valence-corrected chi connectivity index (χ1v) is 11.2. The van der Waals surface area contributed by atoms with E-state index in [1.807, 2.05) is 44.2 Å². The summed E-state index contributed by atoms with van der Waals surface area (Å²) in [6.07, 6.45) is -0.421. The number of benzene rings is 1. The molecule has 0 aliphatic rings. The molecule has 0 aliphatic heterocycles. The highest BCUT2D eigenvalue weighted by molar-refractivity contribution is 5.94. The first kappa shape index (κ1) is 29.5. The largest absolute Gasteiger partial charge is 0.481 e. The van der Waals surface area contributed by atoms with Gasteiger partial charge in [-0.25, -0.2) is 4.79 Å². The van der Waals surface area contributed by atoms with Crippen LogP contribution in [0.15, 0.2) is 30.3 Å². The summed E-state index contributed by atoms with van der Waals surface area (Å²) in [5.74, 6) is -5.06. The number of aliphatic hydroxyl groups is 1.